The molecule has 0 aliphatic heterocycles. The molecule has 0 amide bonds. The smallest absolute Gasteiger partial charge is 0.117 e. The van der Waals surface area contributed by atoms with Crippen LogP contribution in [0.3, 0.4) is 0 Å². The van der Waals surface area contributed by atoms with E-state index < -0.39 is 0 Å². The van der Waals surface area contributed by atoms with Gasteiger partial charge < -0.3 is 14.9 Å². The number of hydrogen-bond acceptors (Lipinski definition) is 4. The normalized spacial score (nSPS) is 15.3. The van der Waals surface area contributed by atoms with Gasteiger partial charge in [0.2, 0.25) is 0 Å². The highest BCUT2D eigenvalue weighted by Gasteiger charge is 2.20. The first-order valence-corrected chi connectivity index (χ1v) is 5.60. The number of methoxy groups -OCH3 is 1. The Balaban J connectivity index is 2.51. The van der Waals surface area contributed by atoms with Gasteiger partial charge in [-0.05, 0) is 25.1 Å². The van der Waals surface area contributed by atoms with Gasteiger partial charge in [0.25, 0.3) is 0 Å². The van der Waals surface area contributed by atoms with Gasteiger partial charge in [-0.15, -0.1) is 0 Å². The number of hydrogen-bond donors (Lipinski definition) is 1. The fraction of sp³-hybridized carbons (Fsp3) is 0.667. The molecule has 0 saturated heterocycles. The number of nitrogens with zero attached hydrogens (tertiary/aromatic N) is 1. The molecule has 2 unspecified atom stereocenters. The molecule has 1 aromatic rings. The van der Waals surface area contributed by atoms with Crippen molar-refractivity contribution in [1.29, 1.82) is 0 Å². The lowest BCUT2D eigenvalue weighted by Crippen LogP contribution is -2.43. The SMILES string of the molecule is COCC(C)C(CN)N(C)Cc1ccco1. The summed E-state index contributed by atoms with van der Waals surface area (Å²) in [5.74, 6) is 1.38. The molecular weight excluding hydrogens is 204 g/mol. The molecule has 1 heterocycles. The van der Waals surface area contributed by atoms with Crippen LogP contribution in [0, 0.1) is 5.92 Å². The Morgan fingerprint density at radius 2 is 2.31 bits per heavy atom. The summed E-state index contributed by atoms with van der Waals surface area (Å²) in [4.78, 5) is 2.21. The third-order valence-electron chi connectivity index (χ3n) is 2.88. The van der Waals surface area contributed by atoms with Crippen molar-refractivity contribution in [3.63, 3.8) is 0 Å². The lowest BCUT2D eigenvalue weighted by atomic mass is 10.0. The molecule has 0 radical (unpaired) electrons. The fourth-order valence-electron chi connectivity index (χ4n) is 1.99. The van der Waals surface area contributed by atoms with E-state index in [-0.39, 0.29) is 0 Å². The first kappa shape index (κ1) is 13.2. The maximum absolute atomic E-state index is 5.81. The minimum Gasteiger partial charge on any atom is -0.468 e. The van der Waals surface area contributed by atoms with Crippen molar-refractivity contribution in [3.05, 3.63) is 24.2 Å². The van der Waals surface area contributed by atoms with E-state index in [4.69, 9.17) is 14.9 Å². The van der Waals surface area contributed by atoms with Crippen LogP contribution in [-0.2, 0) is 11.3 Å². The molecule has 0 aliphatic rings. The van der Waals surface area contributed by atoms with Crippen LogP contribution in [-0.4, -0.2) is 38.3 Å². The molecule has 1 aromatic heterocycles. The third kappa shape index (κ3) is 3.63. The van der Waals surface area contributed by atoms with Crippen LogP contribution in [0.2, 0.25) is 0 Å². The zero-order valence-corrected chi connectivity index (χ0v) is 10.3. The number of likely N-dealkylation sites (N-methyl/N-ethyl adjacent to an activating group) is 1. The van der Waals surface area contributed by atoms with E-state index in [1.165, 1.54) is 0 Å². The van der Waals surface area contributed by atoms with Crippen molar-refractivity contribution >= 4 is 0 Å². The van der Waals surface area contributed by atoms with Gasteiger partial charge in [-0.1, -0.05) is 6.92 Å². The summed E-state index contributed by atoms with van der Waals surface area (Å²) in [5.41, 5.74) is 5.81. The Kier molecular flexibility index (Phi) is 5.52. The van der Waals surface area contributed by atoms with Crippen molar-refractivity contribution in [2.75, 3.05) is 27.3 Å². The Bertz CT molecular complexity index is 275. The molecule has 4 heteroatoms. The minimum absolute atomic E-state index is 0.310. The predicted octanol–water partition coefficient (Wildman–Crippen LogP) is 1.32. The standard InChI is InChI=1S/C12H22N2O2/c1-10(9-15-3)12(7-13)14(2)8-11-5-4-6-16-11/h4-6,10,12H,7-9,13H2,1-3H3. The van der Waals surface area contributed by atoms with Crippen LogP contribution in [0.1, 0.15) is 12.7 Å². The highest BCUT2D eigenvalue weighted by atomic mass is 16.5. The zero-order chi connectivity index (χ0) is 12.0. The molecule has 0 bridgehead atoms. The highest BCUT2D eigenvalue weighted by molar-refractivity contribution is 4.98. The first-order valence-electron chi connectivity index (χ1n) is 5.60. The second-order valence-corrected chi connectivity index (χ2v) is 4.23. The van der Waals surface area contributed by atoms with E-state index in [1.54, 1.807) is 13.4 Å². The van der Waals surface area contributed by atoms with Crippen molar-refractivity contribution in [2.45, 2.75) is 19.5 Å². The Morgan fingerprint density at radius 3 is 2.81 bits per heavy atom. The van der Waals surface area contributed by atoms with E-state index in [1.807, 2.05) is 12.1 Å². The molecule has 4 nitrogen and oxygen atoms in total. The zero-order valence-electron chi connectivity index (χ0n) is 10.3. The maximum atomic E-state index is 5.81. The second-order valence-electron chi connectivity index (χ2n) is 4.23. The molecule has 92 valence electrons. The molecular formula is C12H22N2O2. The monoisotopic (exact) mass is 226 g/mol. The highest BCUT2D eigenvalue weighted by Crippen LogP contribution is 2.13. The van der Waals surface area contributed by atoms with Crippen LogP contribution < -0.4 is 5.73 Å². The number of rotatable bonds is 7. The summed E-state index contributed by atoms with van der Waals surface area (Å²) >= 11 is 0. The summed E-state index contributed by atoms with van der Waals surface area (Å²) in [6, 6.07) is 4.19. The molecule has 0 fully saturated rings. The summed E-state index contributed by atoms with van der Waals surface area (Å²) < 4.78 is 10.5. The topological polar surface area (TPSA) is 51.6 Å². The molecule has 0 aliphatic carbocycles. The van der Waals surface area contributed by atoms with Gasteiger partial charge in [-0.2, -0.15) is 0 Å². The van der Waals surface area contributed by atoms with Gasteiger partial charge in [-0.25, -0.2) is 0 Å². The lowest BCUT2D eigenvalue weighted by Gasteiger charge is -2.30. The van der Waals surface area contributed by atoms with E-state index >= 15 is 0 Å². The van der Waals surface area contributed by atoms with Crippen LogP contribution >= 0.6 is 0 Å². The van der Waals surface area contributed by atoms with Gasteiger partial charge in [0.15, 0.2) is 0 Å². The van der Waals surface area contributed by atoms with Crippen LogP contribution in [0.4, 0.5) is 0 Å². The fourth-order valence-corrected chi connectivity index (χ4v) is 1.99. The van der Waals surface area contributed by atoms with Crippen molar-refractivity contribution in [3.8, 4) is 0 Å². The minimum atomic E-state index is 0.310. The predicted molar refractivity (Wildman–Crippen MR) is 64.1 cm³/mol. The quantitative estimate of drug-likeness (QED) is 0.762. The second kappa shape index (κ2) is 6.68. The van der Waals surface area contributed by atoms with Gasteiger partial charge >= 0.3 is 0 Å². The van der Waals surface area contributed by atoms with E-state index in [0.29, 0.717) is 18.5 Å². The maximum Gasteiger partial charge on any atom is 0.117 e. The van der Waals surface area contributed by atoms with Crippen LogP contribution in [0.15, 0.2) is 22.8 Å². The largest absolute Gasteiger partial charge is 0.468 e. The summed E-state index contributed by atoms with van der Waals surface area (Å²) in [7, 11) is 3.78. The number of nitrogens with two attached hydrogens (primary N) is 1. The van der Waals surface area contributed by atoms with Crippen molar-refractivity contribution < 1.29 is 9.15 Å². The van der Waals surface area contributed by atoms with Gasteiger partial charge in [0.1, 0.15) is 5.76 Å². The Labute approximate surface area is 97.4 Å². The van der Waals surface area contributed by atoms with Crippen molar-refractivity contribution in [1.82, 2.24) is 4.90 Å². The third-order valence-corrected chi connectivity index (χ3v) is 2.88. The summed E-state index contributed by atoms with van der Waals surface area (Å²) in [5, 5.41) is 0. The molecule has 0 spiro atoms. The summed E-state index contributed by atoms with van der Waals surface area (Å²) in [6.07, 6.45) is 1.69. The lowest BCUT2D eigenvalue weighted by molar-refractivity contribution is 0.0919. The van der Waals surface area contributed by atoms with Crippen LogP contribution in [0.5, 0.6) is 0 Å². The van der Waals surface area contributed by atoms with E-state index in [2.05, 4.69) is 18.9 Å². The molecule has 2 atom stereocenters. The molecule has 16 heavy (non-hydrogen) atoms. The Morgan fingerprint density at radius 1 is 1.56 bits per heavy atom. The van der Waals surface area contributed by atoms with E-state index in [0.717, 1.165) is 18.9 Å². The molecule has 2 N–H and O–H groups in total. The van der Waals surface area contributed by atoms with Gasteiger partial charge in [0, 0.05) is 19.7 Å². The van der Waals surface area contributed by atoms with E-state index in [9.17, 15) is 0 Å². The number of ether oxygens (including phenoxy) is 1. The van der Waals surface area contributed by atoms with Crippen LogP contribution in [0.25, 0.3) is 0 Å². The molecule has 1 rings (SSSR count). The first-order chi connectivity index (χ1) is 7.69. The molecule has 0 aromatic carbocycles. The van der Waals surface area contributed by atoms with Gasteiger partial charge in [-0.3, -0.25) is 4.90 Å². The average Bonchev–Trinajstić information content (AvgIpc) is 2.71. The average molecular weight is 226 g/mol. The summed E-state index contributed by atoms with van der Waals surface area (Å²) in [6.45, 7) is 4.29. The molecule has 0 saturated carbocycles. The van der Waals surface area contributed by atoms with Crippen molar-refractivity contribution in [2.24, 2.45) is 11.7 Å². The van der Waals surface area contributed by atoms with Gasteiger partial charge in [0.05, 0.1) is 19.4 Å². The number of furan rings is 1. The Hall–Kier alpha value is -0.840.